The summed E-state index contributed by atoms with van der Waals surface area (Å²) in [7, 11) is 1.57. The fraction of sp³-hybridized carbons (Fsp3) is 0.316. The van der Waals surface area contributed by atoms with E-state index in [1.54, 1.807) is 14.0 Å². The first kappa shape index (κ1) is 28.0. The molecule has 32 heavy (non-hydrogen) atoms. The largest absolute Gasteiger partial charge is 0.496 e. The standard InChI is InChI=1S/C19H20Cl4N2O7/c1-10(32-8-7-31-6-5-30-2)3-4-11(9-24-29)25-18(26)12-13(19(27)28)15(21)17(23)16(22)14(12)20/h3-4,9,29H,5-8H2,1-2H3,(H,25,26)(H,27,28)/b10-3+,11-4+,24-9+. The van der Waals surface area contributed by atoms with Crippen molar-refractivity contribution in [3.8, 4) is 0 Å². The summed E-state index contributed by atoms with van der Waals surface area (Å²) in [6.07, 6.45) is 3.74. The number of ether oxygens (including phenoxy) is 3. The van der Waals surface area contributed by atoms with Gasteiger partial charge < -0.3 is 29.8 Å². The molecule has 0 saturated heterocycles. The van der Waals surface area contributed by atoms with Gasteiger partial charge >= 0.3 is 5.97 Å². The molecular formula is C19H20Cl4N2O7. The van der Waals surface area contributed by atoms with Gasteiger partial charge in [-0.2, -0.15) is 0 Å². The van der Waals surface area contributed by atoms with E-state index in [1.165, 1.54) is 12.2 Å². The van der Waals surface area contributed by atoms with E-state index in [4.69, 9.17) is 65.8 Å². The SMILES string of the molecule is COCCOCCO/C(C)=C/C=C(\C=N\O)NC(=O)c1c(Cl)c(Cl)c(Cl)c(Cl)c1C(=O)O. The van der Waals surface area contributed by atoms with Crippen molar-refractivity contribution >= 4 is 64.5 Å². The van der Waals surface area contributed by atoms with Gasteiger partial charge in [-0.1, -0.05) is 51.6 Å². The zero-order valence-corrected chi connectivity index (χ0v) is 20.0. The summed E-state index contributed by atoms with van der Waals surface area (Å²) in [6, 6.07) is 0. The van der Waals surface area contributed by atoms with Crippen LogP contribution in [0.25, 0.3) is 0 Å². The van der Waals surface area contributed by atoms with Crippen LogP contribution in [0.15, 0.2) is 28.8 Å². The molecule has 1 aromatic rings. The lowest BCUT2D eigenvalue weighted by atomic mass is 10.1. The number of carboxylic acids is 1. The lowest BCUT2D eigenvalue weighted by Gasteiger charge is -2.14. The van der Waals surface area contributed by atoms with Crippen LogP contribution >= 0.6 is 46.4 Å². The fourth-order valence-electron chi connectivity index (χ4n) is 2.18. The van der Waals surface area contributed by atoms with Gasteiger partial charge in [0.2, 0.25) is 0 Å². The van der Waals surface area contributed by atoms with Gasteiger partial charge in [0, 0.05) is 7.11 Å². The van der Waals surface area contributed by atoms with Crippen molar-refractivity contribution in [3.63, 3.8) is 0 Å². The highest BCUT2D eigenvalue weighted by Gasteiger charge is 2.29. The number of rotatable bonds is 12. The molecule has 0 unspecified atom stereocenters. The Bertz CT molecular complexity index is 933. The summed E-state index contributed by atoms with van der Waals surface area (Å²) in [5, 5.41) is 22.1. The van der Waals surface area contributed by atoms with Gasteiger partial charge in [-0.05, 0) is 19.1 Å². The average molecular weight is 530 g/mol. The van der Waals surface area contributed by atoms with Crippen LogP contribution in [-0.4, -0.2) is 61.9 Å². The lowest BCUT2D eigenvalue weighted by Crippen LogP contribution is -2.26. The second-order valence-electron chi connectivity index (χ2n) is 5.86. The first-order chi connectivity index (χ1) is 15.1. The maximum absolute atomic E-state index is 12.8. The van der Waals surface area contributed by atoms with E-state index >= 15 is 0 Å². The number of nitrogens with zero attached hydrogens (tertiary/aromatic N) is 1. The van der Waals surface area contributed by atoms with Gasteiger partial charge in [-0.15, -0.1) is 0 Å². The number of halogens is 4. The molecule has 0 aliphatic carbocycles. The Balaban J connectivity index is 3.04. The van der Waals surface area contributed by atoms with E-state index in [1.807, 2.05) is 0 Å². The normalized spacial score (nSPS) is 12.3. The van der Waals surface area contributed by atoms with Gasteiger partial charge in [-0.25, -0.2) is 4.79 Å². The number of aromatic carboxylic acids is 1. The van der Waals surface area contributed by atoms with Crippen molar-refractivity contribution in [2.75, 3.05) is 33.5 Å². The predicted octanol–water partition coefficient (Wildman–Crippen LogP) is 4.66. The van der Waals surface area contributed by atoms with Gasteiger partial charge in [0.15, 0.2) is 0 Å². The zero-order valence-electron chi connectivity index (χ0n) is 17.0. The summed E-state index contributed by atoms with van der Waals surface area (Å²) < 4.78 is 15.6. The summed E-state index contributed by atoms with van der Waals surface area (Å²) in [5.74, 6) is -2.06. The predicted molar refractivity (Wildman–Crippen MR) is 122 cm³/mol. The molecule has 0 saturated carbocycles. The molecule has 0 bridgehead atoms. The van der Waals surface area contributed by atoms with Crippen molar-refractivity contribution < 1.29 is 34.1 Å². The molecular weight excluding hydrogens is 510 g/mol. The second kappa shape index (κ2) is 14.2. The molecule has 3 N–H and O–H groups in total. The highest BCUT2D eigenvalue weighted by molar-refractivity contribution is 6.54. The molecule has 1 aromatic carbocycles. The zero-order chi connectivity index (χ0) is 24.3. The molecule has 0 radical (unpaired) electrons. The number of benzene rings is 1. The summed E-state index contributed by atoms with van der Waals surface area (Å²) in [6.45, 7) is 3.17. The Hall–Kier alpha value is -2.01. The number of allylic oxidation sites excluding steroid dienone is 4. The fourth-order valence-corrected chi connectivity index (χ4v) is 3.20. The first-order valence-electron chi connectivity index (χ1n) is 8.81. The highest BCUT2D eigenvalue weighted by Crippen LogP contribution is 2.41. The molecule has 0 heterocycles. The summed E-state index contributed by atoms with van der Waals surface area (Å²) in [4.78, 5) is 24.4. The molecule has 176 valence electrons. The highest BCUT2D eigenvalue weighted by atomic mass is 35.5. The maximum atomic E-state index is 12.8. The van der Waals surface area contributed by atoms with Gasteiger partial charge in [-0.3, -0.25) is 4.79 Å². The molecule has 0 aliphatic heterocycles. The minimum absolute atomic E-state index is 0.0219. The Morgan fingerprint density at radius 2 is 1.56 bits per heavy atom. The Kier molecular flexibility index (Phi) is 12.4. The molecule has 0 spiro atoms. The monoisotopic (exact) mass is 528 g/mol. The maximum Gasteiger partial charge on any atom is 0.338 e. The summed E-state index contributed by atoms with van der Waals surface area (Å²) in [5.41, 5.74) is -1.17. The van der Waals surface area contributed by atoms with Crippen molar-refractivity contribution in [1.82, 2.24) is 5.32 Å². The van der Waals surface area contributed by atoms with E-state index in [2.05, 4.69) is 10.5 Å². The van der Waals surface area contributed by atoms with Crippen molar-refractivity contribution in [3.05, 3.63) is 54.8 Å². The molecule has 0 atom stereocenters. The first-order valence-corrected chi connectivity index (χ1v) is 10.3. The molecule has 1 amide bonds. The number of oxime groups is 1. The van der Waals surface area contributed by atoms with Crippen LogP contribution in [0.1, 0.15) is 27.6 Å². The smallest absolute Gasteiger partial charge is 0.338 e. The topological polar surface area (TPSA) is 127 Å². The number of nitrogens with one attached hydrogen (secondary N) is 1. The molecule has 0 aliphatic rings. The number of amides is 1. The van der Waals surface area contributed by atoms with Gasteiger partial charge in [0.1, 0.15) is 6.61 Å². The van der Waals surface area contributed by atoms with Crippen LogP contribution in [0.4, 0.5) is 0 Å². The number of carbonyl (C=O) groups is 2. The third-order valence-corrected chi connectivity index (χ3v) is 5.45. The van der Waals surface area contributed by atoms with E-state index in [9.17, 15) is 14.7 Å². The third-order valence-electron chi connectivity index (χ3n) is 3.65. The number of hydrogen-bond acceptors (Lipinski definition) is 7. The third kappa shape index (κ3) is 8.16. The molecule has 0 fully saturated rings. The molecule has 9 nitrogen and oxygen atoms in total. The van der Waals surface area contributed by atoms with Gasteiger partial charge in [0.25, 0.3) is 5.91 Å². The molecule has 13 heteroatoms. The summed E-state index contributed by atoms with van der Waals surface area (Å²) >= 11 is 23.8. The van der Waals surface area contributed by atoms with E-state index in [-0.39, 0.29) is 22.3 Å². The quantitative estimate of drug-likeness (QED) is 0.0525. The minimum atomic E-state index is -1.54. The number of carbonyl (C=O) groups excluding carboxylic acids is 1. The molecule has 0 aromatic heterocycles. The Morgan fingerprint density at radius 1 is 0.969 bits per heavy atom. The van der Waals surface area contributed by atoms with Crippen LogP contribution < -0.4 is 5.32 Å². The second-order valence-corrected chi connectivity index (χ2v) is 7.37. The van der Waals surface area contributed by atoms with Crippen molar-refractivity contribution in [1.29, 1.82) is 0 Å². The van der Waals surface area contributed by atoms with Crippen LogP contribution in [0, 0.1) is 0 Å². The Labute approximate surface area is 204 Å². The number of methoxy groups -OCH3 is 1. The molecule has 1 rings (SSSR count). The number of hydrogen-bond donors (Lipinski definition) is 3. The minimum Gasteiger partial charge on any atom is -0.496 e. The van der Waals surface area contributed by atoms with Crippen molar-refractivity contribution in [2.45, 2.75) is 6.92 Å². The van der Waals surface area contributed by atoms with Crippen LogP contribution in [0.2, 0.25) is 20.1 Å². The van der Waals surface area contributed by atoms with Crippen molar-refractivity contribution in [2.24, 2.45) is 5.16 Å². The van der Waals surface area contributed by atoms with Crippen LogP contribution in [-0.2, 0) is 14.2 Å². The van der Waals surface area contributed by atoms with Crippen LogP contribution in [0.5, 0.6) is 0 Å². The van der Waals surface area contributed by atoms with E-state index in [0.717, 1.165) is 6.21 Å². The van der Waals surface area contributed by atoms with E-state index < -0.39 is 33.0 Å². The lowest BCUT2D eigenvalue weighted by molar-refractivity contribution is 0.0418. The van der Waals surface area contributed by atoms with Crippen LogP contribution in [0.3, 0.4) is 0 Å². The van der Waals surface area contributed by atoms with Gasteiger partial charge in [0.05, 0.1) is 68.7 Å². The average Bonchev–Trinajstić information content (AvgIpc) is 2.75. The van der Waals surface area contributed by atoms with E-state index in [0.29, 0.717) is 25.6 Å². The Morgan fingerprint density at radius 3 is 2.12 bits per heavy atom. The number of carboxylic acid groups (broad SMARTS) is 1.